The summed E-state index contributed by atoms with van der Waals surface area (Å²) < 4.78 is 0. The molecule has 0 bridgehead atoms. The van der Waals surface area contributed by atoms with Crippen LogP contribution in [0.25, 0.3) is 0 Å². The second kappa shape index (κ2) is 7.27. The number of likely N-dealkylation sites (tertiary alicyclic amines) is 1. The van der Waals surface area contributed by atoms with E-state index in [-0.39, 0.29) is 17.7 Å². The molecule has 5 heteroatoms. The molecule has 1 rings (SSSR count). The molecule has 0 aromatic carbocycles. The van der Waals surface area contributed by atoms with Crippen molar-refractivity contribution < 1.29 is 9.59 Å². The van der Waals surface area contributed by atoms with Gasteiger partial charge in [0, 0.05) is 38.5 Å². The number of carbonyl (C=O) groups excluding carboxylic acids is 2. The molecule has 1 aliphatic heterocycles. The number of hydrogen-bond acceptors (Lipinski definition) is 3. The van der Waals surface area contributed by atoms with Gasteiger partial charge in [-0.1, -0.05) is 6.92 Å². The minimum absolute atomic E-state index is 0.00794. The predicted octanol–water partition coefficient (Wildman–Crippen LogP) is -0.0294. The van der Waals surface area contributed by atoms with Crippen LogP contribution in [-0.2, 0) is 9.59 Å². The SMILES string of the molecule is CNCC(C)C(=O)NCCC(=O)N1CCCC1. The first-order valence-electron chi connectivity index (χ1n) is 6.35. The van der Waals surface area contributed by atoms with Crippen LogP contribution in [0.2, 0.25) is 0 Å². The molecular formula is C12H23N3O2. The highest BCUT2D eigenvalue weighted by atomic mass is 16.2. The van der Waals surface area contributed by atoms with Crippen molar-refractivity contribution in [3.63, 3.8) is 0 Å². The van der Waals surface area contributed by atoms with Crippen LogP contribution < -0.4 is 10.6 Å². The summed E-state index contributed by atoms with van der Waals surface area (Å²) in [5.41, 5.74) is 0. The van der Waals surface area contributed by atoms with Crippen molar-refractivity contribution in [2.75, 3.05) is 33.2 Å². The lowest BCUT2D eigenvalue weighted by Crippen LogP contribution is -2.37. The summed E-state index contributed by atoms with van der Waals surface area (Å²) in [6.07, 6.45) is 2.63. The minimum atomic E-state index is -0.0538. The standard InChI is InChI=1S/C12H23N3O2/c1-10(9-13-2)12(17)14-6-5-11(16)15-7-3-4-8-15/h10,13H,3-9H2,1-2H3,(H,14,17). The van der Waals surface area contributed by atoms with Gasteiger partial charge in [-0.15, -0.1) is 0 Å². The smallest absolute Gasteiger partial charge is 0.224 e. The zero-order valence-electron chi connectivity index (χ0n) is 10.8. The fourth-order valence-corrected chi connectivity index (χ4v) is 1.99. The molecule has 1 aliphatic rings. The first kappa shape index (κ1) is 14.0. The largest absolute Gasteiger partial charge is 0.355 e. The third kappa shape index (κ3) is 4.73. The number of carbonyl (C=O) groups is 2. The van der Waals surface area contributed by atoms with E-state index in [9.17, 15) is 9.59 Å². The van der Waals surface area contributed by atoms with E-state index in [4.69, 9.17) is 0 Å². The van der Waals surface area contributed by atoms with E-state index in [1.807, 2.05) is 18.9 Å². The molecule has 0 aliphatic carbocycles. The molecule has 0 aromatic heterocycles. The minimum Gasteiger partial charge on any atom is -0.355 e. The molecule has 0 spiro atoms. The normalized spacial score (nSPS) is 16.9. The van der Waals surface area contributed by atoms with Crippen LogP contribution in [0.15, 0.2) is 0 Å². The Labute approximate surface area is 103 Å². The highest BCUT2D eigenvalue weighted by Gasteiger charge is 2.18. The maximum Gasteiger partial charge on any atom is 0.224 e. The number of nitrogens with one attached hydrogen (secondary N) is 2. The third-order valence-corrected chi connectivity index (χ3v) is 3.05. The van der Waals surface area contributed by atoms with E-state index in [2.05, 4.69) is 10.6 Å². The zero-order valence-corrected chi connectivity index (χ0v) is 10.8. The van der Waals surface area contributed by atoms with Crippen molar-refractivity contribution in [2.45, 2.75) is 26.2 Å². The highest BCUT2D eigenvalue weighted by Crippen LogP contribution is 2.08. The fourth-order valence-electron chi connectivity index (χ4n) is 1.99. The maximum absolute atomic E-state index is 11.7. The monoisotopic (exact) mass is 241 g/mol. The number of hydrogen-bond donors (Lipinski definition) is 2. The molecule has 2 N–H and O–H groups in total. The Balaban J connectivity index is 2.14. The van der Waals surface area contributed by atoms with Gasteiger partial charge in [0.15, 0.2) is 0 Å². The molecule has 1 heterocycles. The van der Waals surface area contributed by atoms with Gasteiger partial charge in [-0.25, -0.2) is 0 Å². The van der Waals surface area contributed by atoms with Crippen LogP contribution >= 0.6 is 0 Å². The summed E-state index contributed by atoms with van der Waals surface area (Å²) in [7, 11) is 1.82. The van der Waals surface area contributed by atoms with Crippen molar-refractivity contribution in [2.24, 2.45) is 5.92 Å². The summed E-state index contributed by atoms with van der Waals surface area (Å²) >= 11 is 0. The molecule has 1 atom stereocenters. The zero-order chi connectivity index (χ0) is 12.7. The van der Waals surface area contributed by atoms with E-state index in [0.717, 1.165) is 25.9 Å². The average Bonchev–Trinajstić information content (AvgIpc) is 2.82. The highest BCUT2D eigenvalue weighted by molar-refractivity contribution is 5.80. The van der Waals surface area contributed by atoms with Crippen molar-refractivity contribution in [1.82, 2.24) is 15.5 Å². The van der Waals surface area contributed by atoms with Gasteiger partial charge in [0.05, 0.1) is 0 Å². The van der Waals surface area contributed by atoms with E-state index >= 15 is 0 Å². The van der Waals surface area contributed by atoms with E-state index in [1.54, 1.807) is 0 Å². The molecule has 0 saturated carbocycles. The molecule has 5 nitrogen and oxygen atoms in total. The Bertz CT molecular complexity index is 262. The lowest BCUT2D eigenvalue weighted by molar-refractivity contribution is -0.130. The van der Waals surface area contributed by atoms with Crippen LogP contribution in [0.3, 0.4) is 0 Å². The second-order valence-corrected chi connectivity index (χ2v) is 4.59. The third-order valence-electron chi connectivity index (χ3n) is 3.05. The Hall–Kier alpha value is -1.10. The van der Waals surface area contributed by atoms with Gasteiger partial charge in [-0.2, -0.15) is 0 Å². The van der Waals surface area contributed by atoms with E-state index < -0.39 is 0 Å². The molecule has 1 fully saturated rings. The van der Waals surface area contributed by atoms with Crippen molar-refractivity contribution in [1.29, 1.82) is 0 Å². The van der Waals surface area contributed by atoms with Crippen LogP contribution in [0.5, 0.6) is 0 Å². The molecular weight excluding hydrogens is 218 g/mol. The molecule has 0 aromatic rings. The topological polar surface area (TPSA) is 61.4 Å². The van der Waals surface area contributed by atoms with Gasteiger partial charge in [-0.3, -0.25) is 9.59 Å². The molecule has 98 valence electrons. The van der Waals surface area contributed by atoms with Crippen molar-refractivity contribution >= 4 is 11.8 Å². The van der Waals surface area contributed by atoms with Crippen molar-refractivity contribution in [3.05, 3.63) is 0 Å². The number of rotatable bonds is 6. The quantitative estimate of drug-likeness (QED) is 0.686. The Kier molecular flexibility index (Phi) is 5.97. The molecule has 17 heavy (non-hydrogen) atoms. The first-order chi connectivity index (χ1) is 8.15. The Morgan fingerprint density at radius 1 is 1.29 bits per heavy atom. The Morgan fingerprint density at radius 3 is 2.53 bits per heavy atom. The lowest BCUT2D eigenvalue weighted by atomic mass is 10.1. The van der Waals surface area contributed by atoms with Crippen molar-refractivity contribution in [3.8, 4) is 0 Å². The average molecular weight is 241 g/mol. The van der Waals surface area contributed by atoms with E-state index in [0.29, 0.717) is 19.5 Å². The molecule has 1 unspecified atom stereocenters. The van der Waals surface area contributed by atoms with Gasteiger partial charge in [0.2, 0.25) is 11.8 Å². The first-order valence-corrected chi connectivity index (χ1v) is 6.35. The number of nitrogens with zero attached hydrogens (tertiary/aromatic N) is 1. The summed E-state index contributed by atoms with van der Waals surface area (Å²) in [5.74, 6) is 0.111. The van der Waals surface area contributed by atoms with Crippen LogP contribution in [0.1, 0.15) is 26.2 Å². The summed E-state index contributed by atoms with van der Waals surface area (Å²) in [4.78, 5) is 25.1. The van der Waals surface area contributed by atoms with E-state index in [1.165, 1.54) is 0 Å². The van der Waals surface area contributed by atoms with Crippen LogP contribution in [0.4, 0.5) is 0 Å². The van der Waals surface area contributed by atoms with Gasteiger partial charge >= 0.3 is 0 Å². The fraction of sp³-hybridized carbons (Fsp3) is 0.833. The summed E-state index contributed by atoms with van der Waals surface area (Å²) in [6.45, 7) is 4.73. The van der Waals surface area contributed by atoms with Gasteiger partial charge in [-0.05, 0) is 19.9 Å². The lowest BCUT2D eigenvalue weighted by Gasteiger charge is -2.16. The molecule has 2 amide bonds. The summed E-state index contributed by atoms with van der Waals surface area (Å²) in [5, 5.41) is 5.75. The molecule has 0 radical (unpaired) electrons. The summed E-state index contributed by atoms with van der Waals surface area (Å²) in [6, 6.07) is 0. The Morgan fingerprint density at radius 2 is 1.94 bits per heavy atom. The van der Waals surface area contributed by atoms with Crippen LogP contribution in [0, 0.1) is 5.92 Å². The van der Waals surface area contributed by atoms with Gasteiger partial charge in [0.25, 0.3) is 0 Å². The van der Waals surface area contributed by atoms with Crippen LogP contribution in [-0.4, -0.2) is 49.9 Å². The predicted molar refractivity (Wildman–Crippen MR) is 66.5 cm³/mol. The number of amides is 2. The van der Waals surface area contributed by atoms with Gasteiger partial charge < -0.3 is 15.5 Å². The van der Waals surface area contributed by atoms with Gasteiger partial charge in [0.1, 0.15) is 0 Å². The molecule has 1 saturated heterocycles. The maximum atomic E-state index is 11.7. The second-order valence-electron chi connectivity index (χ2n) is 4.59.